The lowest BCUT2D eigenvalue weighted by Gasteiger charge is -2.33. The van der Waals surface area contributed by atoms with E-state index in [0.717, 1.165) is 38.8 Å². The van der Waals surface area contributed by atoms with Crippen LogP contribution < -0.4 is 0 Å². The minimum atomic E-state index is 0.125. The molecule has 2 saturated heterocycles. The first-order valence-corrected chi connectivity index (χ1v) is 9.56. The molecule has 0 radical (unpaired) electrons. The molecule has 3 rings (SSSR count). The molecule has 0 bridgehead atoms. The Hall–Kier alpha value is -1.46. The summed E-state index contributed by atoms with van der Waals surface area (Å²) in [4.78, 5) is 21.6. The van der Waals surface area contributed by atoms with E-state index >= 15 is 0 Å². The van der Waals surface area contributed by atoms with E-state index in [1.54, 1.807) is 0 Å². The van der Waals surface area contributed by atoms with Crippen LogP contribution in [0, 0.1) is 11.8 Å². The predicted octanol–water partition coefficient (Wildman–Crippen LogP) is 2.74. The van der Waals surface area contributed by atoms with Gasteiger partial charge in [-0.2, -0.15) is 0 Å². The molecule has 0 saturated carbocycles. The maximum atomic E-state index is 12.9. The number of amides is 1. The Labute approximate surface area is 151 Å². The molecule has 2 unspecified atom stereocenters. The van der Waals surface area contributed by atoms with Crippen molar-refractivity contribution in [2.24, 2.45) is 11.8 Å². The molecule has 5 nitrogen and oxygen atoms in total. The average molecular weight is 345 g/mol. The topological polar surface area (TPSA) is 45.7 Å². The standard InChI is InChI=1S/C20H31N3O2/c1-4-18-12-15(8-11-25-18)20(24)23(3)14-17-7-10-22(2)19(17)16-6-5-9-21-13-16/h5-6,9,13,15,17-19H,4,7-8,10-12,14H2,1-3H3/t15?,17-,18?,19-/m0/s1. The van der Waals surface area contributed by atoms with Gasteiger partial charge in [-0.3, -0.25) is 14.7 Å². The number of aromatic nitrogens is 1. The van der Waals surface area contributed by atoms with Gasteiger partial charge in [0.2, 0.25) is 5.91 Å². The molecule has 138 valence electrons. The van der Waals surface area contributed by atoms with Crippen molar-refractivity contribution in [3.05, 3.63) is 30.1 Å². The first kappa shape index (κ1) is 18.3. The van der Waals surface area contributed by atoms with Crippen LogP contribution in [0.25, 0.3) is 0 Å². The molecule has 0 aliphatic carbocycles. The summed E-state index contributed by atoms with van der Waals surface area (Å²) in [6.07, 6.45) is 7.87. The minimum Gasteiger partial charge on any atom is -0.378 e. The molecule has 3 heterocycles. The molecule has 0 N–H and O–H groups in total. The number of pyridine rings is 1. The number of hydrogen-bond donors (Lipinski definition) is 0. The normalized spacial score (nSPS) is 30.4. The number of nitrogens with zero attached hydrogens (tertiary/aromatic N) is 3. The van der Waals surface area contributed by atoms with Gasteiger partial charge in [-0.25, -0.2) is 0 Å². The van der Waals surface area contributed by atoms with Crippen LogP contribution in [-0.4, -0.2) is 60.6 Å². The average Bonchev–Trinajstić information content (AvgIpc) is 3.02. The van der Waals surface area contributed by atoms with E-state index in [4.69, 9.17) is 4.74 Å². The lowest BCUT2D eigenvalue weighted by Crippen LogP contribution is -2.41. The van der Waals surface area contributed by atoms with E-state index in [1.807, 2.05) is 30.4 Å². The summed E-state index contributed by atoms with van der Waals surface area (Å²) >= 11 is 0. The highest BCUT2D eigenvalue weighted by molar-refractivity contribution is 5.78. The smallest absolute Gasteiger partial charge is 0.225 e. The predicted molar refractivity (Wildman–Crippen MR) is 98.1 cm³/mol. The van der Waals surface area contributed by atoms with E-state index in [9.17, 15) is 4.79 Å². The first-order chi connectivity index (χ1) is 12.1. The molecule has 2 aliphatic heterocycles. The number of likely N-dealkylation sites (tertiary alicyclic amines) is 1. The van der Waals surface area contributed by atoms with Crippen molar-refractivity contribution < 1.29 is 9.53 Å². The van der Waals surface area contributed by atoms with Gasteiger partial charge in [-0.15, -0.1) is 0 Å². The SMILES string of the molecule is CCC1CC(C(=O)N(C)C[C@@H]2CCN(C)[C@H]2c2cccnc2)CCO1. The van der Waals surface area contributed by atoms with Crippen LogP contribution in [0.4, 0.5) is 0 Å². The van der Waals surface area contributed by atoms with Crippen LogP contribution in [0.1, 0.15) is 44.2 Å². The first-order valence-electron chi connectivity index (χ1n) is 9.56. The van der Waals surface area contributed by atoms with Gasteiger partial charge in [0.25, 0.3) is 0 Å². The maximum absolute atomic E-state index is 12.9. The van der Waals surface area contributed by atoms with Crippen LogP contribution in [0.2, 0.25) is 0 Å². The fourth-order valence-electron chi connectivity index (χ4n) is 4.44. The number of carbonyl (C=O) groups excluding carboxylic acids is 1. The Morgan fingerprint density at radius 3 is 3.00 bits per heavy atom. The third-order valence-electron chi connectivity index (χ3n) is 5.86. The summed E-state index contributed by atoms with van der Waals surface area (Å²) in [5.74, 6) is 0.880. The van der Waals surface area contributed by atoms with Crippen molar-refractivity contribution in [3.63, 3.8) is 0 Å². The fraction of sp³-hybridized carbons (Fsp3) is 0.700. The fourth-order valence-corrected chi connectivity index (χ4v) is 4.44. The minimum absolute atomic E-state index is 0.125. The molecule has 25 heavy (non-hydrogen) atoms. The number of hydrogen-bond acceptors (Lipinski definition) is 4. The van der Waals surface area contributed by atoms with Gasteiger partial charge in [-0.1, -0.05) is 13.0 Å². The van der Waals surface area contributed by atoms with Crippen molar-refractivity contribution in [1.82, 2.24) is 14.8 Å². The Morgan fingerprint density at radius 1 is 1.44 bits per heavy atom. The highest BCUT2D eigenvalue weighted by Crippen LogP contribution is 2.36. The van der Waals surface area contributed by atoms with E-state index in [2.05, 4.69) is 29.9 Å². The van der Waals surface area contributed by atoms with Crippen molar-refractivity contribution in [3.8, 4) is 0 Å². The molecule has 0 spiro atoms. The summed E-state index contributed by atoms with van der Waals surface area (Å²) in [7, 11) is 4.14. The van der Waals surface area contributed by atoms with Gasteiger partial charge < -0.3 is 9.64 Å². The molecular formula is C20H31N3O2. The van der Waals surface area contributed by atoms with E-state index in [0.29, 0.717) is 24.5 Å². The summed E-state index contributed by atoms with van der Waals surface area (Å²) in [6, 6.07) is 4.50. The highest BCUT2D eigenvalue weighted by atomic mass is 16.5. The lowest BCUT2D eigenvalue weighted by atomic mass is 9.91. The Morgan fingerprint density at radius 2 is 2.28 bits per heavy atom. The Kier molecular flexibility index (Phi) is 6.07. The molecule has 1 amide bonds. The van der Waals surface area contributed by atoms with Crippen LogP contribution in [0.3, 0.4) is 0 Å². The van der Waals surface area contributed by atoms with Gasteiger partial charge in [0, 0.05) is 44.6 Å². The Balaban J connectivity index is 1.63. The number of ether oxygens (including phenoxy) is 1. The zero-order chi connectivity index (χ0) is 17.8. The second kappa shape index (κ2) is 8.28. The zero-order valence-corrected chi connectivity index (χ0v) is 15.7. The summed E-state index contributed by atoms with van der Waals surface area (Å²) in [5.41, 5.74) is 1.26. The second-order valence-electron chi connectivity index (χ2n) is 7.60. The molecule has 1 aromatic rings. The second-order valence-corrected chi connectivity index (χ2v) is 7.60. The van der Waals surface area contributed by atoms with Crippen LogP contribution in [0.15, 0.2) is 24.5 Å². The molecular weight excluding hydrogens is 314 g/mol. The zero-order valence-electron chi connectivity index (χ0n) is 15.7. The molecule has 5 heteroatoms. The summed E-state index contributed by atoms with van der Waals surface area (Å²) < 4.78 is 5.73. The summed E-state index contributed by atoms with van der Waals surface area (Å²) in [6.45, 7) is 4.74. The monoisotopic (exact) mass is 345 g/mol. The van der Waals surface area contributed by atoms with E-state index in [-0.39, 0.29) is 12.0 Å². The van der Waals surface area contributed by atoms with Crippen molar-refractivity contribution in [1.29, 1.82) is 0 Å². The molecule has 4 atom stereocenters. The van der Waals surface area contributed by atoms with Crippen LogP contribution in [0.5, 0.6) is 0 Å². The third kappa shape index (κ3) is 4.21. The lowest BCUT2D eigenvalue weighted by molar-refractivity contribution is -0.140. The van der Waals surface area contributed by atoms with Crippen molar-refractivity contribution in [2.45, 2.75) is 44.8 Å². The van der Waals surface area contributed by atoms with Crippen LogP contribution >= 0.6 is 0 Å². The highest BCUT2D eigenvalue weighted by Gasteiger charge is 2.36. The molecule has 1 aromatic heterocycles. The molecule has 0 aromatic carbocycles. The van der Waals surface area contributed by atoms with Crippen molar-refractivity contribution in [2.75, 3.05) is 33.8 Å². The van der Waals surface area contributed by atoms with Gasteiger partial charge in [0.1, 0.15) is 0 Å². The quantitative estimate of drug-likeness (QED) is 0.823. The van der Waals surface area contributed by atoms with E-state index in [1.165, 1.54) is 5.56 Å². The molecule has 2 aliphatic rings. The van der Waals surface area contributed by atoms with Crippen LogP contribution in [-0.2, 0) is 9.53 Å². The maximum Gasteiger partial charge on any atom is 0.225 e. The number of carbonyl (C=O) groups is 1. The van der Waals surface area contributed by atoms with Gasteiger partial charge in [-0.05, 0) is 56.8 Å². The van der Waals surface area contributed by atoms with Gasteiger partial charge in [0.15, 0.2) is 0 Å². The largest absolute Gasteiger partial charge is 0.378 e. The van der Waals surface area contributed by atoms with Gasteiger partial charge in [0.05, 0.1) is 6.10 Å². The summed E-state index contributed by atoms with van der Waals surface area (Å²) in [5, 5.41) is 0. The molecule has 2 fully saturated rings. The van der Waals surface area contributed by atoms with E-state index < -0.39 is 0 Å². The van der Waals surface area contributed by atoms with Gasteiger partial charge >= 0.3 is 0 Å². The Bertz CT molecular complexity index is 565. The number of rotatable bonds is 5. The van der Waals surface area contributed by atoms with Crippen molar-refractivity contribution >= 4 is 5.91 Å². The third-order valence-corrected chi connectivity index (χ3v) is 5.86.